The Labute approximate surface area is 343 Å². The van der Waals surface area contributed by atoms with E-state index >= 15 is 0 Å². The zero-order chi connectivity index (χ0) is 38.7. The Balaban J connectivity index is 1.11. The third-order valence-corrected chi connectivity index (χ3v) is 11.7. The molecule has 0 aliphatic rings. The highest BCUT2D eigenvalue weighted by atomic mass is 32.1. The van der Waals surface area contributed by atoms with E-state index in [4.69, 9.17) is 0 Å². The lowest BCUT2D eigenvalue weighted by molar-refractivity contribution is 1.24. The van der Waals surface area contributed by atoms with Gasteiger partial charge >= 0.3 is 0 Å². The lowest BCUT2D eigenvalue weighted by Crippen LogP contribution is -2.14. The second-order valence-electron chi connectivity index (χ2n) is 14.2. The number of benzene rings is 9. The molecule has 4 heteroatoms. The first-order chi connectivity index (χ1) is 28.8. The maximum atomic E-state index is 2.37. The molecule has 10 rings (SSSR count). The first-order valence-corrected chi connectivity index (χ1v) is 20.4. The Bertz CT molecular complexity index is 2740. The van der Waals surface area contributed by atoms with Crippen molar-refractivity contribution in [3.63, 3.8) is 0 Å². The van der Waals surface area contributed by atoms with E-state index in [1.54, 1.807) is 0 Å². The maximum absolute atomic E-state index is 2.37. The van der Waals surface area contributed by atoms with Crippen molar-refractivity contribution in [2.45, 2.75) is 0 Å². The molecular formula is C54H39N3S. The summed E-state index contributed by atoms with van der Waals surface area (Å²) in [6.07, 6.45) is 0. The summed E-state index contributed by atoms with van der Waals surface area (Å²) >= 11 is 1.85. The molecule has 3 nitrogen and oxygen atoms in total. The second-order valence-corrected chi connectivity index (χ2v) is 15.3. The predicted octanol–water partition coefficient (Wildman–Crippen LogP) is 16.1. The van der Waals surface area contributed by atoms with Crippen LogP contribution in [0.3, 0.4) is 0 Å². The molecule has 0 spiro atoms. The highest BCUT2D eigenvalue weighted by Gasteiger charge is 2.20. The van der Waals surface area contributed by atoms with Gasteiger partial charge in [0.15, 0.2) is 0 Å². The van der Waals surface area contributed by atoms with Crippen LogP contribution in [0.4, 0.5) is 51.2 Å². The van der Waals surface area contributed by atoms with E-state index in [1.807, 2.05) is 11.3 Å². The fourth-order valence-electron chi connectivity index (χ4n) is 7.90. The molecule has 0 N–H and O–H groups in total. The van der Waals surface area contributed by atoms with Gasteiger partial charge in [0.25, 0.3) is 0 Å². The van der Waals surface area contributed by atoms with E-state index < -0.39 is 0 Å². The van der Waals surface area contributed by atoms with Crippen molar-refractivity contribution >= 4 is 82.7 Å². The summed E-state index contributed by atoms with van der Waals surface area (Å²) in [5, 5.41) is 2.62. The first kappa shape index (κ1) is 35.0. The quantitative estimate of drug-likeness (QED) is 0.137. The fraction of sp³-hybridized carbons (Fsp3) is 0. The molecule has 0 saturated carbocycles. The van der Waals surface area contributed by atoms with Crippen molar-refractivity contribution in [3.8, 4) is 11.1 Å². The van der Waals surface area contributed by atoms with Crippen LogP contribution in [-0.4, -0.2) is 0 Å². The van der Waals surface area contributed by atoms with Gasteiger partial charge in [-0.15, -0.1) is 11.3 Å². The van der Waals surface area contributed by atoms with E-state index in [-0.39, 0.29) is 0 Å². The number of thiophene rings is 1. The number of hydrogen-bond acceptors (Lipinski definition) is 4. The van der Waals surface area contributed by atoms with Gasteiger partial charge in [-0.05, 0) is 126 Å². The highest BCUT2D eigenvalue weighted by Crippen LogP contribution is 2.44. The molecule has 0 atom stereocenters. The molecule has 0 radical (unpaired) electrons. The van der Waals surface area contributed by atoms with Gasteiger partial charge in [-0.2, -0.15) is 0 Å². The number of para-hydroxylation sites is 4. The van der Waals surface area contributed by atoms with Crippen LogP contribution in [0.2, 0.25) is 0 Å². The molecule has 0 amide bonds. The minimum absolute atomic E-state index is 1.05. The van der Waals surface area contributed by atoms with E-state index in [2.05, 4.69) is 251 Å². The van der Waals surface area contributed by atoms with E-state index in [0.717, 1.165) is 51.2 Å². The van der Waals surface area contributed by atoms with Crippen LogP contribution < -0.4 is 14.7 Å². The van der Waals surface area contributed by atoms with Gasteiger partial charge < -0.3 is 14.7 Å². The Morgan fingerprint density at radius 1 is 0.224 bits per heavy atom. The molecule has 0 aliphatic carbocycles. The van der Waals surface area contributed by atoms with Crippen LogP contribution in [0.5, 0.6) is 0 Å². The number of hydrogen-bond donors (Lipinski definition) is 0. The smallest absolute Gasteiger partial charge is 0.0482 e. The highest BCUT2D eigenvalue weighted by molar-refractivity contribution is 7.25. The van der Waals surface area contributed by atoms with Crippen molar-refractivity contribution in [2.75, 3.05) is 14.7 Å². The molecule has 0 unspecified atom stereocenters. The van der Waals surface area contributed by atoms with Gasteiger partial charge in [-0.3, -0.25) is 0 Å². The van der Waals surface area contributed by atoms with Crippen LogP contribution in [0.25, 0.3) is 31.3 Å². The minimum atomic E-state index is 1.05. The molecule has 0 aliphatic heterocycles. The largest absolute Gasteiger partial charge is 0.310 e. The third kappa shape index (κ3) is 6.87. The molecular weight excluding hydrogens is 723 g/mol. The van der Waals surface area contributed by atoms with Crippen LogP contribution in [0.15, 0.2) is 237 Å². The first-order valence-electron chi connectivity index (χ1n) is 19.6. The molecule has 9 aromatic carbocycles. The van der Waals surface area contributed by atoms with Crippen LogP contribution in [0.1, 0.15) is 0 Å². The van der Waals surface area contributed by atoms with Crippen molar-refractivity contribution < 1.29 is 0 Å². The summed E-state index contributed by atoms with van der Waals surface area (Å²) in [4.78, 5) is 7.00. The molecule has 58 heavy (non-hydrogen) atoms. The fourth-order valence-corrected chi connectivity index (χ4v) is 8.99. The van der Waals surface area contributed by atoms with E-state index in [0.29, 0.717) is 0 Å². The van der Waals surface area contributed by atoms with Gasteiger partial charge in [0, 0.05) is 71.4 Å². The lowest BCUT2D eigenvalue weighted by atomic mass is 10.0. The molecule has 0 bridgehead atoms. The van der Waals surface area contributed by atoms with Gasteiger partial charge in [0.1, 0.15) is 0 Å². The number of fused-ring (bicyclic) bond motifs is 3. The molecule has 1 heterocycles. The monoisotopic (exact) mass is 761 g/mol. The number of nitrogens with zero attached hydrogens (tertiary/aromatic N) is 3. The van der Waals surface area contributed by atoms with Crippen molar-refractivity contribution in [3.05, 3.63) is 237 Å². The predicted molar refractivity (Wildman–Crippen MR) is 249 cm³/mol. The molecule has 0 saturated heterocycles. The minimum Gasteiger partial charge on any atom is -0.310 e. The molecule has 0 fully saturated rings. The Kier molecular flexibility index (Phi) is 9.44. The van der Waals surface area contributed by atoms with Gasteiger partial charge in [-0.1, -0.05) is 121 Å². The standard InChI is InChI=1S/C54H39N3S/c1-5-17-42(18-6-1)55(43-19-7-2-8-20-43)47-25-15-27-49(38-47)57(50-28-16-26-48(39-50)56(44-21-9-3-10-22-44)45-23-11-4-12-24-45)46-34-31-40(32-35-46)41-33-36-54-52(37-41)51-29-13-14-30-53(51)58-54/h1-39H. The average molecular weight is 762 g/mol. The summed E-state index contributed by atoms with van der Waals surface area (Å²) in [6, 6.07) is 84.6. The van der Waals surface area contributed by atoms with Crippen molar-refractivity contribution in [1.82, 2.24) is 0 Å². The van der Waals surface area contributed by atoms with Crippen molar-refractivity contribution in [2.24, 2.45) is 0 Å². The van der Waals surface area contributed by atoms with Gasteiger partial charge in [-0.25, -0.2) is 0 Å². The number of anilines is 9. The van der Waals surface area contributed by atoms with Gasteiger partial charge in [0.2, 0.25) is 0 Å². The Morgan fingerprint density at radius 3 is 1.03 bits per heavy atom. The summed E-state index contributed by atoms with van der Waals surface area (Å²) < 4.78 is 2.63. The molecule has 1 aromatic heterocycles. The maximum Gasteiger partial charge on any atom is 0.0482 e. The summed E-state index contributed by atoms with van der Waals surface area (Å²) in [5.41, 5.74) is 12.1. The Hall–Kier alpha value is -7.40. The zero-order valence-corrected chi connectivity index (χ0v) is 32.6. The molecule has 276 valence electrons. The van der Waals surface area contributed by atoms with Crippen LogP contribution in [-0.2, 0) is 0 Å². The molecule has 10 aromatic rings. The topological polar surface area (TPSA) is 9.72 Å². The second kappa shape index (κ2) is 15.6. The van der Waals surface area contributed by atoms with Crippen LogP contribution in [0, 0.1) is 0 Å². The third-order valence-electron chi connectivity index (χ3n) is 10.6. The van der Waals surface area contributed by atoms with Gasteiger partial charge in [0.05, 0.1) is 0 Å². The lowest BCUT2D eigenvalue weighted by Gasteiger charge is -2.31. The average Bonchev–Trinajstić information content (AvgIpc) is 3.67. The normalized spacial score (nSPS) is 11.1. The SMILES string of the molecule is c1ccc(N(c2ccccc2)c2cccc(N(c3ccc(-c4ccc5sc6ccccc6c5c4)cc3)c3cccc(N(c4ccccc4)c4ccccc4)c3)c2)cc1. The van der Waals surface area contributed by atoms with Crippen LogP contribution >= 0.6 is 11.3 Å². The van der Waals surface area contributed by atoms with E-state index in [1.165, 1.54) is 31.3 Å². The van der Waals surface area contributed by atoms with E-state index in [9.17, 15) is 0 Å². The summed E-state index contributed by atoms with van der Waals surface area (Å²) in [7, 11) is 0. The summed E-state index contributed by atoms with van der Waals surface area (Å²) in [6.45, 7) is 0. The Morgan fingerprint density at radius 2 is 0.569 bits per heavy atom. The zero-order valence-electron chi connectivity index (χ0n) is 31.8. The number of rotatable bonds is 10. The summed E-state index contributed by atoms with van der Waals surface area (Å²) in [5.74, 6) is 0. The van der Waals surface area contributed by atoms with Crippen molar-refractivity contribution in [1.29, 1.82) is 0 Å².